The monoisotopic (exact) mass is 438 g/mol. The van der Waals surface area contributed by atoms with Crippen LogP contribution in [0.25, 0.3) is 0 Å². The number of hydrogen-bond acceptors (Lipinski definition) is 3. The molecule has 1 N–H and O–H groups in total. The molecule has 1 fully saturated rings. The fourth-order valence-electron chi connectivity index (χ4n) is 4.20. The number of benzene rings is 2. The highest BCUT2D eigenvalue weighted by atomic mass is 35.5. The lowest BCUT2D eigenvalue weighted by molar-refractivity contribution is 0.0654. The molecule has 156 valence electrons. The molecule has 0 bridgehead atoms. The summed E-state index contributed by atoms with van der Waals surface area (Å²) in [4.78, 5) is 16.8. The van der Waals surface area contributed by atoms with Crippen LogP contribution in [0.3, 0.4) is 0 Å². The summed E-state index contributed by atoms with van der Waals surface area (Å²) in [5.74, 6) is 0.270. The first-order valence-electron chi connectivity index (χ1n) is 9.73. The van der Waals surface area contributed by atoms with Gasteiger partial charge < -0.3 is 14.9 Å². The minimum atomic E-state index is -0.614. The van der Waals surface area contributed by atoms with Gasteiger partial charge in [0.25, 0.3) is 5.91 Å². The van der Waals surface area contributed by atoms with Gasteiger partial charge >= 0.3 is 0 Å². The van der Waals surface area contributed by atoms with Gasteiger partial charge in [0.05, 0.1) is 6.10 Å². The molecule has 29 heavy (non-hydrogen) atoms. The van der Waals surface area contributed by atoms with Crippen molar-refractivity contribution in [1.82, 2.24) is 9.80 Å². The Labute approximate surface area is 181 Å². The summed E-state index contributed by atoms with van der Waals surface area (Å²) in [6.45, 7) is 3.73. The van der Waals surface area contributed by atoms with Crippen molar-refractivity contribution in [2.45, 2.75) is 25.5 Å². The number of rotatable bonds is 5. The van der Waals surface area contributed by atoms with E-state index in [0.717, 1.165) is 49.2 Å². The molecule has 0 saturated carbocycles. The van der Waals surface area contributed by atoms with Crippen LogP contribution in [0.4, 0.5) is 4.39 Å². The summed E-state index contributed by atoms with van der Waals surface area (Å²) in [6.07, 6.45) is 1.38. The van der Waals surface area contributed by atoms with E-state index in [0.29, 0.717) is 24.0 Å². The Balaban J connectivity index is 0.00000240. The van der Waals surface area contributed by atoms with Crippen LogP contribution in [0.1, 0.15) is 40.4 Å². The lowest BCUT2D eigenvalue weighted by Gasteiger charge is -2.34. The molecule has 0 unspecified atom stereocenters. The van der Waals surface area contributed by atoms with Crippen molar-refractivity contribution in [3.63, 3.8) is 0 Å². The van der Waals surface area contributed by atoms with Gasteiger partial charge in [-0.3, -0.25) is 4.79 Å². The smallest absolute Gasteiger partial charge is 0.254 e. The van der Waals surface area contributed by atoms with Crippen molar-refractivity contribution >= 4 is 29.9 Å². The molecule has 2 aromatic carbocycles. The Bertz CT molecular complexity index is 854. The largest absolute Gasteiger partial charge is 0.387 e. The van der Waals surface area contributed by atoms with E-state index in [2.05, 4.69) is 4.90 Å². The van der Waals surface area contributed by atoms with E-state index >= 15 is 0 Å². The van der Waals surface area contributed by atoms with Crippen LogP contribution in [0.15, 0.2) is 42.5 Å². The molecule has 2 aliphatic rings. The number of halogens is 3. The van der Waals surface area contributed by atoms with Gasteiger partial charge in [-0.2, -0.15) is 0 Å². The van der Waals surface area contributed by atoms with E-state index in [-0.39, 0.29) is 24.1 Å². The number of aliphatic hydroxyl groups is 1. The van der Waals surface area contributed by atoms with E-state index in [1.807, 2.05) is 17.0 Å². The average Bonchev–Trinajstić information content (AvgIpc) is 2.98. The quantitative estimate of drug-likeness (QED) is 0.756. The van der Waals surface area contributed by atoms with Crippen molar-refractivity contribution in [2.75, 3.05) is 26.2 Å². The second-order valence-electron chi connectivity index (χ2n) is 7.80. The van der Waals surface area contributed by atoms with Crippen molar-refractivity contribution in [1.29, 1.82) is 0 Å². The summed E-state index contributed by atoms with van der Waals surface area (Å²) >= 11 is 6.05. The van der Waals surface area contributed by atoms with Crippen LogP contribution < -0.4 is 0 Å². The molecule has 1 saturated heterocycles. The third-order valence-electron chi connectivity index (χ3n) is 5.82. The summed E-state index contributed by atoms with van der Waals surface area (Å²) in [6, 6.07) is 11.5. The third kappa shape index (κ3) is 5.10. The molecular weight excluding hydrogens is 414 g/mol. The zero-order valence-corrected chi connectivity index (χ0v) is 17.6. The Hall–Kier alpha value is -1.66. The maximum atomic E-state index is 13.0. The average molecular weight is 439 g/mol. The van der Waals surface area contributed by atoms with Crippen molar-refractivity contribution in [2.24, 2.45) is 5.92 Å². The maximum Gasteiger partial charge on any atom is 0.254 e. The fourth-order valence-corrected chi connectivity index (χ4v) is 4.39. The van der Waals surface area contributed by atoms with Crippen LogP contribution >= 0.6 is 24.0 Å². The van der Waals surface area contributed by atoms with E-state index in [1.165, 1.54) is 12.1 Å². The number of likely N-dealkylation sites (tertiary alicyclic amines) is 1. The topological polar surface area (TPSA) is 43.8 Å². The predicted octanol–water partition coefficient (Wildman–Crippen LogP) is 4.30. The van der Waals surface area contributed by atoms with Crippen LogP contribution in [-0.4, -0.2) is 47.0 Å². The standard InChI is InChI=1S/C22H24ClFN2O2.ClH/c23-18-3-6-20-17(11-18)13-26(22(20)28)12-15-7-9-25(10-8-15)14-21(27)16-1-4-19(24)5-2-16;/h1-6,11,15,21,27H,7-10,12-14H2;1H/t21-;/m0./s1. The fraction of sp³-hybridized carbons (Fsp3) is 0.409. The summed E-state index contributed by atoms with van der Waals surface area (Å²) in [7, 11) is 0. The Kier molecular flexibility index (Phi) is 7.17. The molecule has 0 aliphatic carbocycles. The molecule has 4 rings (SSSR count). The van der Waals surface area contributed by atoms with Crippen LogP contribution in [0.2, 0.25) is 5.02 Å². The van der Waals surface area contributed by atoms with E-state index in [4.69, 9.17) is 11.6 Å². The summed E-state index contributed by atoms with van der Waals surface area (Å²) in [5, 5.41) is 11.1. The highest BCUT2D eigenvalue weighted by Crippen LogP contribution is 2.28. The second kappa shape index (κ2) is 9.43. The molecule has 1 atom stereocenters. The van der Waals surface area contributed by atoms with Gasteiger partial charge in [0.1, 0.15) is 5.82 Å². The molecular formula is C22H25Cl2FN2O2. The molecule has 1 amide bonds. The first kappa shape index (κ1) is 22.0. The molecule has 2 aliphatic heterocycles. The molecule has 2 aromatic rings. The van der Waals surface area contributed by atoms with E-state index in [1.54, 1.807) is 18.2 Å². The first-order chi connectivity index (χ1) is 13.5. The number of hydrogen-bond donors (Lipinski definition) is 1. The number of fused-ring (bicyclic) bond motifs is 1. The maximum absolute atomic E-state index is 13.0. The molecule has 4 nitrogen and oxygen atoms in total. The third-order valence-corrected chi connectivity index (χ3v) is 6.05. The van der Waals surface area contributed by atoms with Crippen molar-refractivity contribution < 1.29 is 14.3 Å². The molecule has 7 heteroatoms. The highest BCUT2D eigenvalue weighted by molar-refractivity contribution is 6.30. The zero-order valence-electron chi connectivity index (χ0n) is 16.1. The van der Waals surface area contributed by atoms with Gasteiger partial charge in [0.15, 0.2) is 0 Å². The normalized spacial score (nSPS) is 18.4. The van der Waals surface area contributed by atoms with Gasteiger partial charge in [-0.25, -0.2) is 4.39 Å². The zero-order chi connectivity index (χ0) is 19.7. The van der Waals surface area contributed by atoms with Gasteiger partial charge in [-0.1, -0.05) is 23.7 Å². The van der Waals surface area contributed by atoms with E-state index in [9.17, 15) is 14.3 Å². The van der Waals surface area contributed by atoms with Crippen molar-refractivity contribution in [3.8, 4) is 0 Å². The molecule has 0 spiro atoms. The van der Waals surface area contributed by atoms with Crippen LogP contribution in [-0.2, 0) is 6.54 Å². The summed E-state index contributed by atoms with van der Waals surface area (Å²) < 4.78 is 13.0. The molecule has 0 aromatic heterocycles. The van der Waals surface area contributed by atoms with Gasteiger partial charge in [0.2, 0.25) is 0 Å². The Morgan fingerprint density at radius 3 is 2.52 bits per heavy atom. The number of nitrogens with zero attached hydrogens (tertiary/aromatic N) is 2. The molecule has 2 heterocycles. The summed E-state index contributed by atoms with van der Waals surface area (Å²) in [5.41, 5.74) is 2.52. The second-order valence-corrected chi connectivity index (χ2v) is 8.23. The molecule has 0 radical (unpaired) electrons. The van der Waals surface area contributed by atoms with Gasteiger partial charge in [-0.15, -0.1) is 12.4 Å². The number of aliphatic hydroxyl groups excluding tert-OH is 1. The Morgan fingerprint density at radius 2 is 1.83 bits per heavy atom. The SMILES string of the molecule is Cl.O=C1c2ccc(Cl)cc2CN1CC1CCN(C[C@H](O)c2ccc(F)cc2)CC1. The number of amides is 1. The van der Waals surface area contributed by atoms with Gasteiger partial charge in [-0.05, 0) is 73.3 Å². The number of carbonyl (C=O) groups is 1. The lowest BCUT2D eigenvalue weighted by atomic mass is 9.95. The number of β-amino-alcohol motifs (C(OH)–C–C–N with tert-alkyl or cyclic N) is 1. The van der Waals surface area contributed by atoms with Crippen LogP contribution in [0, 0.1) is 11.7 Å². The number of piperidine rings is 1. The predicted molar refractivity (Wildman–Crippen MR) is 114 cm³/mol. The Morgan fingerprint density at radius 1 is 1.14 bits per heavy atom. The first-order valence-corrected chi connectivity index (χ1v) is 10.1. The minimum Gasteiger partial charge on any atom is -0.387 e. The van der Waals surface area contributed by atoms with Gasteiger partial charge in [0, 0.05) is 30.2 Å². The van der Waals surface area contributed by atoms with Crippen molar-refractivity contribution in [3.05, 3.63) is 70.0 Å². The minimum absolute atomic E-state index is 0. The van der Waals surface area contributed by atoms with Crippen LogP contribution in [0.5, 0.6) is 0 Å². The highest BCUT2D eigenvalue weighted by Gasteiger charge is 2.30. The number of carbonyl (C=O) groups excluding carboxylic acids is 1. The lowest BCUT2D eigenvalue weighted by Crippen LogP contribution is -2.40. The van der Waals surface area contributed by atoms with E-state index < -0.39 is 6.10 Å².